The zero-order chi connectivity index (χ0) is 33.3. The molecule has 2 amide bonds. The molecule has 2 aliphatic heterocycles. The SMILES string of the molecule is Cc1ccc2c(cnn2C2CCCCO2)c1C1Cc2ncnc(N3CCN(C(=O)/C=C/CN(C)C(=O)OC(C)(C)C)CC3)c2CC1C. The Bertz CT molecular complexity index is 1630. The first-order valence-electron chi connectivity index (χ1n) is 17.1. The van der Waals surface area contributed by atoms with Crippen LogP contribution in [0.1, 0.15) is 81.5 Å². The van der Waals surface area contributed by atoms with Crippen molar-refractivity contribution in [1.82, 2.24) is 29.5 Å². The van der Waals surface area contributed by atoms with Crippen molar-refractivity contribution in [2.45, 2.75) is 84.5 Å². The van der Waals surface area contributed by atoms with Gasteiger partial charge in [-0.25, -0.2) is 19.4 Å². The molecule has 47 heavy (non-hydrogen) atoms. The number of carbonyl (C=O) groups is 2. The van der Waals surface area contributed by atoms with Crippen LogP contribution in [0.2, 0.25) is 0 Å². The third-order valence-corrected chi connectivity index (χ3v) is 9.71. The summed E-state index contributed by atoms with van der Waals surface area (Å²) in [6.45, 7) is 13.8. The van der Waals surface area contributed by atoms with Crippen LogP contribution in [0, 0.1) is 12.8 Å². The van der Waals surface area contributed by atoms with Crippen LogP contribution in [-0.4, -0.2) is 93.5 Å². The van der Waals surface area contributed by atoms with Gasteiger partial charge >= 0.3 is 6.09 Å². The first-order valence-corrected chi connectivity index (χ1v) is 17.1. The summed E-state index contributed by atoms with van der Waals surface area (Å²) in [5.74, 6) is 1.68. The number of hydrogen-bond acceptors (Lipinski definition) is 8. The standard InChI is InChI=1S/C36H49N7O4/c1-24-12-13-30-28(22-39-43(30)32-11-7-8-19-46-32)33(24)26-21-29-27(20-25(26)2)34(38-23-37-29)42-17-15-41(16-18-42)31(44)10-9-14-40(6)35(45)47-36(3,4)5/h9-10,12-13,22-23,25-26,32H,7-8,11,14-21H2,1-6H3/b10-9+. The van der Waals surface area contributed by atoms with Gasteiger partial charge in [0.25, 0.3) is 0 Å². The van der Waals surface area contributed by atoms with E-state index in [0.29, 0.717) is 44.6 Å². The number of aryl methyl sites for hydroxylation is 1. The molecule has 4 heterocycles. The quantitative estimate of drug-likeness (QED) is 0.328. The van der Waals surface area contributed by atoms with Crippen molar-refractivity contribution in [3.8, 4) is 0 Å². The fraction of sp³-hybridized carbons (Fsp3) is 0.583. The van der Waals surface area contributed by atoms with Gasteiger partial charge in [0.2, 0.25) is 5.91 Å². The summed E-state index contributed by atoms with van der Waals surface area (Å²) in [6, 6.07) is 4.44. The van der Waals surface area contributed by atoms with Crippen molar-refractivity contribution in [3.05, 3.63) is 59.2 Å². The monoisotopic (exact) mass is 643 g/mol. The number of hydrogen-bond donors (Lipinski definition) is 0. The molecule has 3 aromatic rings. The Morgan fingerprint density at radius 1 is 1.11 bits per heavy atom. The van der Waals surface area contributed by atoms with Crippen LogP contribution in [0.4, 0.5) is 10.6 Å². The van der Waals surface area contributed by atoms with E-state index in [-0.39, 0.29) is 12.1 Å². The Kier molecular flexibility index (Phi) is 9.55. The number of likely N-dealkylation sites (N-methyl/N-ethyl adjacent to an activating group) is 1. The van der Waals surface area contributed by atoms with E-state index in [1.165, 1.54) is 33.4 Å². The van der Waals surface area contributed by atoms with Gasteiger partial charge in [-0.1, -0.05) is 19.1 Å². The van der Waals surface area contributed by atoms with Crippen molar-refractivity contribution in [3.63, 3.8) is 0 Å². The van der Waals surface area contributed by atoms with E-state index in [1.54, 1.807) is 25.5 Å². The maximum absolute atomic E-state index is 12.9. The van der Waals surface area contributed by atoms with Gasteiger partial charge in [0.05, 0.1) is 11.7 Å². The van der Waals surface area contributed by atoms with Gasteiger partial charge < -0.3 is 24.2 Å². The fourth-order valence-electron chi connectivity index (χ4n) is 7.22. The second-order valence-electron chi connectivity index (χ2n) is 14.3. The number of aromatic nitrogens is 4. The minimum absolute atomic E-state index is 0.00857. The number of piperazine rings is 1. The summed E-state index contributed by atoms with van der Waals surface area (Å²) >= 11 is 0. The Balaban J connectivity index is 1.11. The minimum atomic E-state index is -0.559. The lowest BCUT2D eigenvalue weighted by Crippen LogP contribution is -2.49. The molecule has 11 nitrogen and oxygen atoms in total. The summed E-state index contributed by atoms with van der Waals surface area (Å²) in [6.07, 6.45) is 11.7. The predicted octanol–water partition coefficient (Wildman–Crippen LogP) is 5.42. The summed E-state index contributed by atoms with van der Waals surface area (Å²) < 4.78 is 13.6. The van der Waals surface area contributed by atoms with E-state index >= 15 is 0 Å². The maximum Gasteiger partial charge on any atom is 0.410 e. The van der Waals surface area contributed by atoms with Crippen LogP contribution in [0.25, 0.3) is 10.9 Å². The van der Waals surface area contributed by atoms with Gasteiger partial charge in [0.1, 0.15) is 17.7 Å². The molecule has 3 unspecified atom stereocenters. The molecule has 2 fully saturated rings. The minimum Gasteiger partial charge on any atom is -0.444 e. The van der Waals surface area contributed by atoms with Gasteiger partial charge in [-0.05, 0) is 88.8 Å². The lowest BCUT2D eigenvalue weighted by Gasteiger charge is -2.38. The molecule has 0 radical (unpaired) electrons. The largest absolute Gasteiger partial charge is 0.444 e. The molecule has 1 aliphatic carbocycles. The predicted molar refractivity (Wildman–Crippen MR) is 181 cm³/mol. The summed E-state index contributed by atoms with van der Waals surface area (Å²) in [7, 11) is 1.66. The van der Waals surface area contributed by atoms with Crippen LogP contribution in [0.5, 0.6) is 0 Å². The van der Waals surface area contributed by atoms with Crippen molar-refractivity contribution in [2.75, 3.05) is 51.3 Å². The number of rotatable bonds is 6. The number of nitrogens with zero attached hydrogens (tertiary/aromatic N) is 7. The van der Waals surface area contributed by atoms with Crippen molar-refractivity contribution in [2.24, 2.45) is 5.92 Å². The van der Waals surface area contributed by atoms with E-state index in [4.69, 9.17) is 24.5 Å². The molecule has 0 saturated carbocycles. The summed E-state index contributed by atoms with van der Waals surface area (Å²) in [5, 5.41) is 6.05. The normalized spacial score (nSPS) is 22.0. The lowest BCUT2D eigenvalue weighted by molar-refractivity contribution is -0.126. The van der Waals surface area contributed by atoms with Crippen LogP contribution in [0.3, 0.4) is 0 Å². The number of fused-ring (bicyclic) bond motifs is 2. The van der Waals surface area contributed by atoms with Gasteiger partial charge in [0.15, 0.2) is 6.23 Å². The molecule has 2 aromatic heterocycles. The Labute approximate surface area is 277 Å². The van der Waals surface area contributed by atoms with E-state index < -0.39 is 11.7 Å². The van der Waals surface area contributed by atoms with Gasteiger partial charge in [-0.2, -0.15) is 5.10 Å². The molecule has 0 N–H and O–H groups in total. The zero-order valence-electron chi connectivity index (χ0n) is 28.7. The molecule has 2 saturated heterocycles. The fourth-order valence-corrected chi connectivity index (χ4v) is 7.22. The van der Waals surface area contributed by atoms with Crippen molar-refractivity contribution in [1.29, 1.82) is 0 Å². The van der Waals surface area contributed by atoms with Crippen LogP contribution < -0.4 is 4.90 Å². The van der Waals surface area contributed by atoms with Crippen molar-refractivity contribution < 1.29 is 19.1 Å². The first kappa shape index (κ1) is 32.9. The first-order chi connectivity index (χ1) is 22.5. The number of ether oxygens (including phenoxy) is 2. The molecule has 0 bridgehead atoms. The molecule has 6 rings (SSSR count). The van der Waals surface area contributed by atoms with E-state index in [9.17, 15) is 9.59 Å². The van der Waals surface area contributed by atoms with Crippen LogP contribution in [0.15, 0.2) is 36.8 Å². The highest BCUT2D eigenvalue weighted by Gasteiger charge is 2.34. The molecular formula is C36H49N7O4. The molecule has 1 aromatic carbocycles. The third-order valence-electron chi connectivity index (χ3n) is 9.71. The third kappa shape index (κ3) is 7.15. The Hall–Kier alpha value is -3.99. The molecular weight excluding hydrogens is 594 g/mol. The average Bonchev–Trinajstić information content (AvgIpc) is 3.48. The lowest BCUT2D eigenvalue weighted by atomic mass is 9.73. The summed E-state index contributed by atoms with van der Waals surface area (Å²) in [4.78, 5) is 40.3. The highest BCUT2D eigenvalue weighted by molar-refractivity contribution is 5.88. The number of benzene rings is 1. The molecule has 11 heteroatoms. The van der Waals surface area contributed by atoms with Crippen molar-refractivity contribution >= 4 is 28.7 Å². The highest BCUT2D eigenvalue weighted by Crippen LogP contribution is 2.43. The number of anilines is 1. The Morgan fingerprint density at radius 3 is 2.62 bits per heavy atom. The van der Waals surface area contributed by atoms with E-state index in [1.807, 2.05) is 31.9 Å². The maximum atomic E-state index is 12.9. The second kappa shape index (κ2) is 13.6. The number of amides is 2. The van der Waals surface area contributed by atoms with Crippen LogP contribution >= 0.6 is 0 Å². The molecule has 3 atom stereocenters. The highest BCUT2D eigenvalue weighted by atomic mass is 16.6. The average molecular weight is 644 g/mol. The molecule has 0 spiro atoms. The van der Waals surface area contributed by atoms with Gasteiger partial charge in [0, 0.05) is 69.1 Å². The number of carbonyl (C=O) groups excluding carboxylic acids is 2. The molecule has 252 valence electrons. The van der Waals surface area contributed by atoms with Gasteiger partial charge in [-0.3, -0.25) is 4.79 Å². The second-order valence-corrected chi connectivity index (χ2v) is 14.3. The van der Waals surface area contributed by atoms with Crippen LogP contribution in [-0.2, 0) is 27.1 Å². The molecule has 3 aliphatic rings. The van der Waals surface area contributed by atoms with E-state index in [2.05, 4.69) is 35.6 Å². The van der Waals surface area contributed by atoms with E-state index in [0.717, 1.165) is 49.3 Å². The summed E-state index contributed by atoms with van der Waals surface area (Å²) in [5.41, 5.74) is 5.61. The topological polar surface area (TPSA) is 106 Å². The Morgan fingerprint density at radius 2 is 1.89 bits per heavy atom. The zero-order valence-corrected chi connectivity index (χ0v) is 28.7. The van der Waals surface area contributed by atoms with Gasteiger partial charge in [-0.15, -0.1) is 0 Å². The smallest absolute Gasteiger partial charge is 0.410 e.